The van der Waals surface area contributed by atoms with E-state index in [0.717, 1.165) is 5.56 Å². The van der Waals surface area contributed by atoms with Gasteiger partial charge < -0.3 is 10.5 Å². The van der Waals surface area contributed by atoms with Crippen molar-refractivity contribution in [2.24, 2.45) is 0 Å². The molecule has 2 aromatic rings. The van der Waals surface area contributed by atoms with Crippen molar-refractivity contribution in [3.8, 4) is 17.0 Å². The second-order valence-electron chi connectivity index (χ2n) is 3.28. The van der Waals surface area contributed by atoms with Crippen molar-refractivity contribution in [3.63, 3.8) is 0 Å². The molecule has 1 aromatic carbocycles. The molecular weight excluding hydrogens is 240 g/mol. The van der Waals surface area contributed by atoms with Crippen LogP contribution >= 0.6 is 11.6 Å². The van der Waals surface area contributed by atoms with E-state index in [9.17, 15) is 0 Å². The first-order chi connectivity index (χ1) is 8.20. The first kappa shape index (κ1) is 11.6. The van der Waals surface area contributed by atoms with Gasteiger partial charge in [0.15, 0.2) is 0 Å². The van der Waals surface area contributed by atoms with Crippen LogP contribution in [0.2, 0.25) is 5.02 Å². The topological polar surface area (TPSA) is 73.9 Å². The van der Waals surface area contributed by atoms with Crippen molar-refractivity contribution in [1.29, 1.82) is 0 Å². The van der Waals surface area contributed by atoms with Gasteiger partial charge in [-0.1, -0.05) is 11.6 Å². The average molecular weight is 251 g/mol. The highest BCUT2D eigenvalue weighted by Gasteiger charge is 2.06. The molecule has 0 radical (unpaired) electrons. The Hall–Kier alpha value is -1.88. The van der Waals surface area contributed by atoms with E-state index in [0.29, 0.717) is 23.1 Å². The summed E-state index contributed by atoms with van der Waals surface area (Å²) in [7, 11) is 0. The number of hydrogen-bond acceptors (Lipinski definition) is 5. The Morgan fingerprint density at radius 2 is 2.24 bits per heavy atom. The Balaban J connectivity index is 2.37. The molecule has 0 atom stereocenters. The third-order valence-electron chi connectivity index (χ3n) is 2.10. The van der Waals surface area contributed by atoms with Crippen molar-refractivity contribution >= 4 is 17.5 Å². The molecule has 0 aliphatic rings. The smallest absolute Gasteiger partial charge is 0.240 e. The number of ether oxygens (including phenoxy) is 1. The molecule has 5 nitrogen and oxygen atoms in total. The highest BCUT2D eigenvalue weighted by Crippen LogP contribution is 2.29. The third-order valence-corrected chi connectivity index (χ3v) is 2.40. The highest BCUT2D eigenvalue weighted by atomic mass is 35.5. The van der Waals surface area contributed by atoms with Gasteiger partial charge in [0.05, 0.1) is 23.5 Å². The molecule has 0 amide bonds. The Morgan fingerprint density at radius 3 is 2.88 bits per heavy atom. The van der Waals surface area contributed by atoms with Crippen molar-refractivity contribution in [2.75, 3.05) is 12.3 Å². The van der Waals surface area contributed by atoms with E-state index in [-0.39, 0.29) is 5.95 Å². The fourth-order valence-electron chi connectivity index (χ4n) is 1.39. The lowest BCUT2D eigenvalue weighted by Gasteiger charge is -2.07. The normalized spacial score (nSPS) is 10.2. The summed E-state index contributed by atoms with van der Waals surface area (Å²) in [5.41, 5.74) is 6.92. The minimum Gasteiger partial charge on any atom is -0.492 e. The minimum absolute atomic E-state index is 0.132. The maximum Gasteiger partial charge on any atom is 0.240 e. The molecule has 88 valence electrons. The quantitative estimate of drug-likeness (QED) is 0.904. The van der Waals surface area contributed by atoms with Gasteiger partial charge in [-0.05, 0) is 25.1 Å². The molecule has 1 aromatic heterocycles. The molecule has 0 saturated heterocycles. The SMILES string of the molecule is CCOc1ccc(-c2cnnc(N)n2)cc1Cl. The molecule has 6 heteroatoms. The zero-order valence-corrected chi connectivity index (χ0v) is 9.98. The van der Waals surface area contributed by atoms with Crippen LogP contribution in [0.5, 0.6) is 5.75 Å². The molecule has 0 aliphatic carbocycles. The van der Waals surface area contributed by atoms with Crippen LogP contribution in [0.1, 0.15) is 6.92 Å². The van der Waals surface area contributed by atoms with E-state index in [2.05, 4.69) is 15.2 Å². The van der Waals surface area contributed by atoms with E-state index in [1.165, 1.54) is 6.20 Å². The molecule has 0 aliphatic heterocycles. The standard InChI is InChI=1S/C11H11ClN4O/c1-2-17-10-4-3-7(5-8(10)12)9-6-14-16-11(13)15-9/h3-6H,2H2,1H3,(H2,13,15,16). The number of nitrogens with zero attached hydrogens (tertiary/aromatic N) is 3. The van der Waals surface area contributed by atoms with Gasteiger partial charge >= 0.3 is 0 Å². The third kappa shape index (κ3) is 2.62. The molecule has 1 heterocycles. The van der Waals surface area contributed by atoms with E-state index < -0.39 is 0 Å². The molecule has 0 bridgehead atoms. The molecule has 2 rings (SSSR count). The number of nitrogens with two attached hydrogens (primary N) is 1. The minimum atomic E-state index is 0.132. The molecule has 0 unspecified atom stereocenters. The summed E-state index contributed by atoms with van der Waals surface area (Å²) in [6, 6.07) is 5.40. The Kier molecular flexibility index (Phi) is 3.39. The number of halogens is 1. The first-order valence-corrected chi connectivity index (χ1v) is 5.46. The fraction of sp³-hybridized carbons (Fsp3) is 0.182. The highest BCUT2D eigenvalue weighted by molar-refractivity contribution is 6.32. The summed E-state index contributed by atoms with van der Waals surface area (Å²) in [4.78, 5) is 4.06. The van der Waals surface area contributed by atoms with Gasteiger partial charge in [-0.2, -0.15) is 5.10 Å². The van der Waals surface area contributed by atoms with Crippen LogP contribution in [0.4, 0.5) is 5.95 Å². The van der Waals surface area contributed by atoms with Crippen LogP contribution in [0, 0.1) is 0 Å². The Labute approximate surface area is 104 Å². The zero-order chi connectivity index (χ0) is 12.3. The maximum atomic E-state index is 6.08. The summed E-state index contributed by atoms with van der Waals surface area (Å²) in [5.74, 6) is 0.778. The summed E-state index contributed by atoms with van der Waals surface area (Å²) >= 11 is 6.08. The van der Waals surface area contributed by atoms with Gasteiger partial charge in [0.2, 0.25) is 5.95 Å². The van der Waals surface area contributed by atoms with Crippen LogP contribution in [-0.4, -0.2) is 21.8 Å². The van der Waals surface area contributed by atoms with Crippen LogP contribution in [-0.2, 0) is 0 Å². The predicted molar refractivity (Wildman–Crippen MR) is 65.9 cm³/mol. The Morgan fingerprint density at radius 1 is 1.41 bits per heavy atom. The summed E-state index contributed by atoms with van der Waals surface area (Å²) in [6.45, 7) is 2.47. The molecule has 0 saturated carbocycles. The van der Waals surface area contributed by atoms with E-state index in [4.69, 9.17) is 22.1 Å². The van der Waals surface area contributed by atoms with E-state index in [1.54, 1.807) is 12.1 Å². The molecule has 17 heavy (non-hydrogen) atoms. The van der Waals surface area contributed by atoms with Crippen molar-refractivity contribution in [1.82, 2.24) is 15.2 Å². The lowest BCUT2D eigenvalue weighted by Crippen LogP contribution is -1.98. The molecular formula is C11H11ClN4O. The van der Waals surface area contributed by atoms with Gasteiger partial charge in [0, 0.05) is 5.56 Å². The second kappa shape index (κ2) is 4.97. The average Bonchev–Trinajstić information content (AvgIpc) is 2.32. The van der Waals surface area contributed by atoms with Gasteiger partial charge in [-0.25, -0.2) is 4.98 Å². The van der Waals surface area contributed by atoms with E-state index >= 15 is 0 Å². The van der Waals surface area contributed by atoms with Gasteiger partial charge in [0.25, 0.3) is 0 Å². The summed E-state index contributed by atoms with van der Waals surface area (Å²) in [5, 5.41) is 7.86. The summed E-state index contributed by atoms with van der Waals surface area (Å²) in [6.07, 6.45) is 1.53. The largest absolute Gasteiger partial charge is 0.492 e. The maximum absolute atomic E-state index is 6.08. The first-order valence-electron chi connectivity index (χ1n) is 5.08. The van der Waals surface area contributed by atoms with Crippen LogP contribution in [0.15, 0.2) is 24.4 Å². The van der Waals surface area contributed by atoms with Crippen molar-refractivity contribution < 1.29 is 4.74 Å². The number of anilines is 1. The Bertz CT molecular complexity index is 533. The molecule has 0 fully saturated rings. The second-order valence-corrected chi connectivity index (χ2v) is 3.69. The molecule has 0 spiro atoms. The van der Waals surface area contributed by atoms with Crippen LogP contribution in [0.25, 0.3) is 11.3 Å². The van der Waals surface area contributed by atoms with Crippen LogP contribution in [0.3, 0.4) is 0 Å². The van der Waals surface area contributed by atoms with Gasteiger partial charge in [-0.15, -0.1) is 5.10 Å². The van der Waals surface area contributed by atoms with Gasteiger partial charge in [0.1, 0.15) is 5.75 Å². The lowest BCUT2D eigenvalue weighted by molar-refractivity contribution is 0.340. The lowest BCUT2D eigenvalue weighted by atomic mass is 10.1. The number of aromatic nitrogens is 3. The number of rotatable bonds is 3. The summed E-state index contributed by atoms with van der Waals surface area (Å²) < 4.78 is 5.35. The van der Waals surface area contributed by atoms with Crippen molar-refractivity contribution in [3.05, 3.63) is 29.4 Å². The van der Waals surface area contributed by atoms with E-state index in [1.807, 2.05) is 13.0 Å². The van der Waals surface area contributed by atoms with Crippen LogP contribution < -0.4 is 10.5 Å². The monoisotopic (exact) mass is 250 g/mol. The predicted octanol–water partition coefficient (Wildman–Crippen LogP) is 2.17. The van der Waals surface area contributed by atoms with Crippen molar-refractivity contribution in [2.45, 2.75) is 6.92 Å². The zero-order valence-electron chi connectivity index (χ0n) is 9.22. The number of hydrogen-bond donors (Lipinski definition) is 1. The molecule has 2 N–H and O–H groups in total. The number of nitrogen functional groups attached to an aromatic ring is 1. The fourth-order valence-corrected chi connectivity index (χ4v) is 1.62. The number of benzene rings is 1. The van der Waals surface area contributed by atoms with Gasteiger partial charge in [-0.3, -0.25) is 0 Å².